The van der Waals surface area contributed by atoms with Gasteiger partial charge in [0.2, 0.25) is 5.91 Å². The minimum absolute atomic E-state index is 0.188. The lowest BCUT2D eigenvalue weighted by atomic mass is 9.95. The van der Waals surface area contributed by atoms with Gasteiger partial charge in [0.25, 0.3) is 0 Å². The number of hydrogen-bond donors (Lipinski definition) is 1. The Hall–Kier alpha value is -2.03. The summed E-state index contributed by atoms with van der Waals surface area (Å²) in [7, 11) is 0. The Labute approximate surface area is 106 Å². The highest BCUT2D eigenvalue weighted by Crippen LogP contribution is 2.44. The average Bonchev–Trinajstić information content (AvgIpc) is 2.96. The van der Waals surface area contributed by atoms with Crippen LogP contribution in [0.2, 0.25) is 0 Å². The second-order valence-corrected chi connectivity index (χ2v) is 4.80. The summed E-state index contributed by atoms with van der Waals surface area (Å²) in [5, 5.41) is 12.2. The second-order valence-electron chi connectivity index (χ2n) is 4.80. The van der Waals surface area contributed by atoms with E-state index in [4.69, 9.17) is 5.73 Å². The lowest BCUT2D eigenvalue weighted by Gasteiger charge is -2.10. The number of nitrogens with two attached hydrogens (primary N) is 1. The Kier molecular flexibility index (Phi) is 2.47. The first-order valence-electron chi connectivity index (χ1n) is 6.23. The van der Waals surface area contributed by atoms with Crippen LogP contribution >= 0.6 is 0 Å². The van der Waals surface area contributed by atoms with Crippen molar-refractivity contribution in [2.45, 2.75) is 25.7 Å². The third-order valence-corrected chi connectivity index (χ3v) is 3.73. The van der Waals surface area contributed by atoms with E-state index in [1.165, 1.54) is 5.57 Å². The first-order chi connectivity index (χ1) is 8.70. The number of carbonyl (C=O) groups excluding carboxylic acids is 1. The molecular weight excluding hydrogens is 226 g/mol. The van der Waals surface area contributed by atoms with Crippen molar-refractivity contribution in [2.75, 3.05) is 0 Å². The molecule has 0 aliphatic heterocycles. The monoisotopic (exact) mass is 240 g/mol. The van der Waals surface area contributed by atoms with E-state index in [9.17, 15) is 9.90 Å². The predicted molar refractivity (Wildman–Crippen MR) is 67.9 cm³/mol. The predicted octanol–water partition coefficient (Wildman–Crippen LogP) is 1.58. The Balaban J connectivity index is 2.29. The molecule has 3 rings (SSSR count). The number of primary amides is 1. The van der Waals surface area contributed by atoms with E-state index in [1.807, 2.05) is 18.2 Å². The van der Waals surface area contributed by atoms with Crippen LogP contribution in [-0.2, 0) is 4.79 Å². The van der Waals surface area contributed by atoms with Crippen LogP contribution in [0, 0.1) is 0 Å². The summed E-state index contributed by atoms with van der Waals surface area (Å²) in [5.74, 6) is -0.821. The topological polar surface area (TPSA) is 66.2 Å². The van der Waals surface area contributed by atoms with Crippen molar-refractivity contribution in [3.63, 3.8) is 0 Å². The molecule has 3 nitrogen and oxygen atoms in total. The fraction of sp³-hybridized carbons (Fsp3) is 0.267. The largest absolute Gasteiger partial charge is 0.871 e. The molecule has 1 aromatic carbocycles. The number of fused-ring (bicyclic) bond motifs is 1. The molecule has 0 radical (unpaired) electrons. The SMILES string of the molecule is NC(=O)C1=C([O-])c2ccccc2C1=C1CCCC1. The average molecular weight is 240 g/mol. The Morgan fingerprint density at radius 3 is 2.33 bits per heavy atom. The number of rotatable bonds is 1. The first-order valence-corrected chi connectivity index (χ1v) is 6.23. The molecule has 0 saturated heterocycles. The summed E-state index contributed by atoms with van der Waals surface area (Å²) in [4.78, 5) is 11.6. The van der Waals surface area contributed by atoms with Crippen LogP contribution in [0.1, 0.15) is 36.8 Å². The molecule has 0 heterocycles. The molecule has 2 N–H and O–H groups in total. The van der Waals surface area contributed by atoms with Crippen molar-refractivity contribution < 1.29 is 9.90 Å². The van der Waals surface area contributed by atoms with Crippen LogP contribution in [0.25, 0.3) is 11.3 Å². The zero-order valence-electron chi connectivity index (χ0n) is 10.0. The van der Waals surface area contributed by atoms with Gasteiger partial charge in [0, 0.05) is 5.57 Å². The van der Waals surface area contributed by atoms with Gasteiger partial charge >= 0.3 is 0 Å². The van der Waals surface area contributed by atoms with E-state index >= 15 is 0 Å². The molecule has 1 fully saturated rings. The van der Waals surface area contributed by atoms with Crippen molar-refractivity contribution in [3.05, 3.63) is 46.5 Å². The molecule has 0 bridgehead atoms. The molecule has 1 aromatic rings. The molecule has 1 amide bonds. The van der Waals surface area contributed by atoms with Crippen LogP contribution in [-0.4, -0.2) is 5.91 Å². The van der Waals surface area contributed by atoms with Gasteiger partial charge in [-0.15, -0.1) is 0 Å². The molecule has 2 aliphatic rings. The fourth-order valence-corrected chi connectivity index (χ4v) is 2.94. The molecule has 0 unspecified atom stereocenters. The summed E-state index contributed by atoms with van der Waals surface area (Å²) >= 11 is 0. The van der Waals surface area contributed by atoms with Crippen LogP contribution < -0.4 is 10.8 Å². The minimum Gasteiger partial charge on any atom is -0.871 e. The Morgan fingerprint density at radius 1 is 1.11 bits per heavy atom. The van der Waals surface area contributed by atoms with Gasteiger partial charge < -0.3 is 10.8 Å². The highest BCUT2D eigenvalue weighted by Gasteiger charge is 2.28. The number of amides is 1. The number of benzene rings is 1. The first kappa shape index (κ1) is 11.1. The van der Waals surface area contributed by atoms with Crippen LogP contribution in [0.3, 0.4) is 0 Å². The van der Waals surface area contributed by atoms with Crippen LogP contribution in [0.5, 0.6) is 0 Å². The smallest absolute Gasteiger partial charge is 0.248 e. The van der Waals surface area contributed by atoms with E-state index in [0.717, 1.165) is 36.8 Å². The van der Waals surface area contributed by atoms with Crippen molar-refractivity contribution in [3.8, 4) is 0 Å². The second kappa shape index (κ2) is 4.02. The maximum absolute atomic E-state index is 12.2. The van der Waals surface area contributed by atoms with Crippen LogP contribution in [0.15, 0.2) is 35.4 Å². The maximum Gasteiger partial charge on any atom is 0.248 e. The number of allylic oxidation sites excluding steroid dienone is 1. The summed E-state index contributed by atoms with van der Waals surface area (Å²) in [6.45, 7) is 0. The van der Waals surface area contributed by atoms with Gasteiger partial charge in [-0.2, -0.15) is 0 Å². The number of carbonyl (C=O) groups is 1. The molecule has 0 aromatic heterocycles. The van der Waals surface area contributed by atoms with Crippen LogP contribution in [0.4, 0.5) is 0 Å². The quantitative estimate of drug-likeness (QED) is 0.810. The summed E-state index contributed by atoms with van der Waals surface area (Å²) in [5.41, 5.74) is 9.11. The third-order valence-electron chi connectivity index (χ3n) is 3.73. The van der Waals surface area contributed by atoms with Gasteiger partial charge in [-0.05, 0) is 42.4 Å². The van der Waals surface area contributed by atoms with Crippen molar-refractivity contribution in [2.24, 2.45) is 5.73 Å². The molecule has 0 spiro atoms. The highest BCUT2D eigenvalue weighted by molar-refractivity contribution is 6.18. The molecule has 2 aliphatic carbocycles. The summed E-state index contributed by atoms with van der Waals surface area (Å²) in [6.07, 6.45) is 4.18. The molecular formula is C15H14NO2-. The molecule has 1 saturated carbocycles. The highest BCUT2D eigenvalue weighted by atomic mass is 16.3. The Bertz CT molecular complexity index is 588. The lowest BCUT2D eigenvalue weighted by molar-refractivity contribution is -0.244. The number of hydrogen-bond acceptors (Lipinski definition) is 2. The fourth-order valence-electron chi connectivity index (χ4n) is 2.94. The zero-order valence-corrected chi connectivity index (χ0v) is 10.0. The van der Waals surface area contributed by atoms with Gasteiger partial charge in [0.1, 0.15) is 0 Å². The zero-order chi connectivity index (χ0) is 12.7. The van der Waals surface area contributed by atoms with E-state index in [-0.39, 0.29) is 11.3 Å². The molecule has 0 atom stereocenters. The molecule has 18 heavy (non-hydrogen) atoms. The van der Waals surface area contributed by atoms with Crippen molar-refractivity contribution in [1.82, 2.24) is 0 Å². The van der Waals surface area contributed by atoms with E-state index < -0.39 is 5.91 Å². The van der Waals surface area contributed by atoms with Gasteiger partial charge in [0.05, 0.1) is 0 Å². The van der Waals surface area contributed by atoms with Crippen molar-refractivity contribution >= 4 is 17.2 Å². The minimum atomic E-state index is -0.606. The molecule has 92 valence electrons. The normalized spacial score (nSPS) is 18.4. The van der Waals surface area contributed by atoms with Gasteiger partial charge in [-0.25, -0.2) is 0 Å². The Morgan fingerprint density at radius 2 is 1.72 bits per heavy atom. The summed E-state index contributed by atoms with van der Waals surface area (Å²) in [6, 6.07) is 7.39. The maximum atomic E-state index is 12.2. The van der Waals surface area contributed by atoms with Gasteiger partial charge in [0.15, 0.2) is 0 Å². The van der Waals surface area contributed by atoms with E-state index in [1.54, 1.807) is 6.07 Å². The van der Waals surface area contributed by atoms with Gasteiger partial charge in [-0.1, -0.05) is 35.6 Å². The van der Waals surface area contributed by atoms with Crippen molar-refractivity contribution in [1.29, 1.82) is 0 Å². The summed E-state index contributed by atoms with van der Waals surface area (Å²) < 4.78 is 0. The lowest BCUT2D eigenvalue weighted by Crippen LogP contribution is -2.17. The van der Waals surface area contributed by atoms with E-state index in [2.05, 4.69) is 0 Å². The third kappa shape index (κ3) is 1.47. The van der Waals surface area contributed by atoms with Gasteiger partial charge in [-0.3, -0.25) is 4.79 Å². The molecule has 3 heteroatoms. The standard InChI is InChI=1S/C15H15NO2/c16-15(18)13-12(9-5-1-2-6-9)10-7-3-4-8-11(10)14(13)17/h3-4,7-8,17H,1-2,5-6H2,(H2,16,18)/p-1. The van der Waals surface area contributed by atoms with E-state index in [0.29, 0.717) is 5.56 Å².